The number of nitrogens with two attached hydrogens (primary N) is 1. The Hall–Kier alpha value is -1.37. The van der Waals surface area contributed by atoms with E-state index in [1.54, 1.807) is 6.07 Å². The molecule has 0 heterocycles. The first kappa shape index (κ1) is 14.0. The van der Waals surface area contributed by atoms with Gasteiger partial charge < -0.3 is 10.5 Å². The van der Waals surface area contributed by atoms with Gasteiger partial charge in [-0.25, -0.2) is 4.39 Å². The zero-order chi connectivity index (χ0) is 13.5. The Morgan fingerprint density at radius 1 is 1.26 bits per heavy atom. The number of benzene rings is 1. The number of halogens is 1. The molecule has 2 N–H and O–H groups in total. The van der Waals surface area contributed by atoms with Gasteiger partial charge in [-0.05, 0) is 30.5 Å². The van der Waals surface area contributed by atoms with Crippen molar-refractivity contribution in [2.45, 2.75) is 44.8 Å². The second kappa shape index (κ2) is 7.28. The van der Waals surface area contributed by atoms with E-state index in [1.807, 2.05) is 0 Å². The van der Waals surface area contributed by atoms with E-state index in [-0.39, 0.29) is 12.4 Å². The molecule has 0 bridgehead atoms. The number of hydrogen-bond donors (Lipinski definition) is 1. The van der Waals surface area contributed by atoms with Crippen molar-refractivity contribution in [3.63, 3.8) is 0 Å². The van der Waals surface area contributed by atoms with Crippen LogP contribution in [-0.4, -0.2) is 12.6 Å². The molecule has 2 nitrogen and oxygen atoms in total. The van der Waals surface area contributed by atoms with Gasteiger partial charge in [0.05, 0.1) is 19.3 Å². The van der Waals surface area contributed by atoms with Crippen LogP contribution in [0, 0.1) is 17.7 Å². The lowest BCUT2D eigenvalue weighted by Crippen LogP contribution is -2.16. The molecular weight excluding hydrogens is 241 g/mol. The van der Waals surface area contributed by atoms with Crippen LogP contribution >= 0.6 is 0 Å². The second-order valence-corrected chi connectivity index (χ2v) is 4.88. The summed E-state index contributed by atoms with van der Waals surface area (Å²) in [6.07, 6.45) is 6.40. The maximum Gasteiger partial charge on any atom is 0.124 e. The number of hydrogen-bond acceptors (Lipinski definition) is 2. The largest absolute Gasteiger partial charge is 0.373 e. The summed E-state index contributed by atoms with van der Waals surface area (Å²) in [6.45, 7) is 0.777. The second-order valence-electron chi connectivity index (χ2n) is 4.88. The molecule has 0 aromatic heterocycles. The third kappa shape index (κ3) is 4.34. The van der Waals surface area contributed by atoms with Gasteiger partial charge in [-0.3, -0.25) is 0 Å². The van der Waals surface area contributed by atoms with Gasteiger partial charge in [0.25, 0.3) is 0 Å². The van der Waals surface area contributed by atoms with Gasteiger partial charge in [-0.2, -0.15) is 0 Å². The Kier molecular flexibility index (Phi) is 5.38. The van der Waals surface area contributed by atoms with Crippen molar-refractivity contribution in [3.05, 3.63) is 35.1 Å². The highest BCUT2D eigenvalue weighted by Crippen LogP contribution is 2.22. The molecule has 0 radical (unpaired) electrons. The maximum atomic E-state index is 13.2. The molecular formula is C16H20FNO. The average Bonchev–Trinajstić information content (AvgIpc) is 2.45. The lowest BCUT2D eigenvalue weighted by atomic mass is 9.98. The summed E-state index contributed by atoms with van der Waals surface area (Å²) in [6, 6.07) is 4.65. The topological polar surface area (TPSA) is 35.2 Å². The van der Waals surface area contributed by atoms with E-state index < -0.39 is 0 Å². The number of rotatable bonds is 3. The van der Waals surface area contributed by atoms with Gasteiger partial charge in [-0.1, -0.05) is 37.2 Å². The minimum absolute atomic E-state index is 0.275. The fourth-order valence-electron chi connectivity index (χ4n) is 2.38. The molecule has 0 unspecified atom stereocenters. The quantitative estimate of drug-likeness (QED) is 0.849. The monoisotopic (exact) mass is 261 g/mol. The van der Waals surface area contributed by atoms with Crippen LogP contribution in [0.25, 0.3) is 0 Å². The van der Waals surface area contributed by atoms with Crippen molar-refractivity contribution in [2.24, 2.45) is 5.73 Å². The molecule has 2 rings (SSSR count). The third-order valence-electron chi connectivity index (χ3n) is 3.42. The highest BCUT2D eigenvalue weighted by atomic mass is 19.1. The molecule has 0 saturated heterocycles. The lowest BCUT2D eigenvalue weighted by Gasteiger charge is -2.22. The summed E-state index contributed by atoms with van der Waals surface area (Å²) >= 11 is 0. The molecule has 0 atom stereocenters. The average molecular weight is 261 g/mol. The zero-order valence-corrected chi connectivity index (χ0v) is 11.1. The van der Waals surface area contributed by atoms with Crippen molar-refractivity contribution in [3.8, 4) is 11.8 Å². The standard InChI is InChI=1S/C16H20FNO/c17-15-9-8-14(13(11-15)5-4-10-18)12-19-16-6-2-1-3-7-16/h8-9,11,16H,1-3,6-7,10,12,18H2. The van der Waals surface area contributed by atoms with Crippen molar-refractivity contribution >= 4 is 0 Å². The molecule has 19 heavy (non-hydrogen) atoms. The molecule has 0 aliphatic heterocycles. The van der Waals surface area contributed by atoms with E-state index in [0.717, 1.165) is 18.4 Å². The first-order chi connectivity index (χ1) is 9.29. The molecule has 0 spiro atoms. The molecule has 1 aliphatic carbocycles. The molecule has 0 amide bonds. The van der Waals surface area contributed by atoms with Crippen molar-refractivity contribution < 1.29 is 9.13 Å². The maximum absolute atomic E-state index is 13.2. The Morgan fingerprint density at radius 3 is 2.79 bits per heavy atom. The summed E-state index contributed by atoms with van der Waals surface area (Å²) in [5.41, 5.74) is 6.98. The van der Waals surface area contributed by atoms with E-state index >= 15 is 0 Å². The van der Waals surface area contributed by atoms with Crippen LogP contribution in [0.4, 0.5) is 4.39 Å². The Bertz CT molecular complexity index is 469. The van der Waals surface area contributed by atoms with E-state index in [1.165, 1.54) is 31.4 Å². The van der Waals surface area contributed by atoms with Gasteiger partial charge in [0.1, 0.15) is 5.82 Å². The van der Waals surface area contributed by atoms with E-state index in [9.17, 15) is 4.39 Å². The normalized spacial score (nSPS) is 15.9. The van der Waals surface area contributed by atoms with Gasteiger partial charge in [0, 0.05) is 5.56 Å². The van der Waals surface area contributed by atoms with Crippen LogP contribution in [0.2, 0.25) is 0 Å². The molecule has 1 aromatic rings. The van der Waals surface area contributed by atoms with Crippen LogP contribution in [0.1, 0.15) is 43.2 Å². The first-order valence-electron chi connectivity index (χ1n) is 6.88. The molecule has 1 fully saturated rings. The fourth-order valence-corrected chi connectivity index (χ4v) is 2.38. The minimum Gasteiger partial charge on any atom is -0.373 e. The first-order valence-corrected chi connectivity index (χ1v) is 6.88. The summed E-state index contributed by atoms with van der Waals surface area (Å²) in [4.78, 5) is 0. The van der Waals surface area contributed by atoms with Gasteiger partial charge in [-0.15, -0.1) is 0 Å². The summed E-state index contributed by atoms with van der Waals surface area (Å²) < 4.78 is 19.1. The molecule has 1 aromatic carbocycles. The van der Waals surface area contributed by atoms with Crippen LogP contribution in [0.3, 0.4) is 0 Å². The molecule has 102 valence electrons. The third-order valence-corrected chi connectivity index (χ3v) is 3.42. The lowest BCUT2D eigenvalue weighted by molar-refractivity contribution is 0.0167. The zero-order valence-electron chi connectivity index (χ0n) is 11.1. The predicted octanol–water partition coefficient (Wildman–Crippen LogP) is 2.99. The summed E-state index contributed by atoms with van der Waals surface area (Å²) in [7, 11) is 0. The highest BCUT2D eigenvalue weighted by Gasteiger charge is 2.14. The van der Waals surface area contributed by atoms with Crippen LogP contribution in [0.5, 0.6) is 0 Å². The van der Waals surface area contributed by atoms with Crippen LogP contribution < -0.4 is 5.73 Å². The number of ether oxygens (including phenoxy) is 1. The van der Waals surface area contributed by atoms with Crippen LogP contribution in [-0.2, 0) is 11.3 Å². The van der Waals surface area contributed by atoms with Crippen LogP contribution in [0.15, 0.2) is 18.2 Å². The van der Waals surface area contributed by atoms with Crippen molar-refractivity contribution in [2.75, 3.05) is 6.54 Å². The summed E-state index contributed by atoms with van der Waals surface area (Å²) in [5.74, 6) is 5.40. The molecule has 1 saturated carbocycles. The van der Waals surface area contributed by atoms with Crippen molar-refractivity contribution in [1.29, 1.82) is 0 Å². The Balaban J connectivity index is 2.02. The molecule has 3 heteroatoms. The summed E-state index contributed by atoms with van der Waals surface area (Å²) in [5, 5.41) is 0. The fraction of sp³-hybridized carbons (Fsp3) is 0.500. The van der Waals surface area contributed by atoms with E-state index in [4.69, 9.17) is 10.5 Å². The minimum atomic E-state index is -0.275. The van der Waals surface area contributed by atoms with Gasteiger partial charge >= 0.3 is 0 Å². The predicted molar refractivity (Wildman–Crippen MR) is 74.0 cm³/mol. The SMILES string of the molecule is NCC#Cc1cc(F)ccc1COC1CCCCC1. The van der Waals surface area contributed by atoms with Gasteiger partial charge in [0.15, 0.2) is 0 Å². The van der Waals surface area contributed by atoms with E-state index in [2.05, 4.69) is 11.8 Å². The smallest absolute Gasteiger partial charge is 0.124 e. The Labute approximate surface area is 114 Å². The van der Waals surface area contributed by atoms with Gasteiger partial charge in [0.2, 0.25) is 0 Å². The van der Waals surface area contributed by atoms with Crippen molar-refractivity contribution in [1.82, 2.24) is 0 Å². The van der Waals surface area contributed by atoms with E-state index in [0.29, 0.717) is 18.3 Å². The molecule has 1 aliphatic rings. The Morgan fingerprint density at radius 2 is 2.05 bits per heavy atom. The highest BCUT2D eigenvalue weighted by molar-refractivity contribution is 5.41.